The Balaban J connectivity index is 1.56. The lowest BCUT2D eigenvalue weighted by Crippen LogP contribution is -2.46. The van der Waals surface area contributed by atoms with Crippen molar-refractivity contribution in [1.82, 2.24) is 9.29 Å². The summed E-state index contributed by atoms with van der Waals surface area (Å²) in [4.78, 5) is 11.6. The first kappa shape index (κ1) is 20.9. The number of rotatable bonds is 5. The Labute approximate surface area is 164 Å². The van der Waals surface area contributed by atoms with Gasteiger partial charge in [0.05, 0.1) is 4.75 Å². The molecule has 0 unspecified atom stereocenters. The standard InChI is InChI=1S/C19H28FN3O4S/c1-19(2,3)28(25,26)22-13-7-5-12(6-8-13)11-21-14-9-15(20)17-16(10-14)27-18(24)23(17)4/h9-10,12-13,21-22H,5-8,11H2,1-4H3/t12-,13-. The van der Waals surface area contributed by atoms with Gasteiger partial charge < -0.3 is 9.73 Å². The average molecular weight is 414 g/mol. The molecule has 9 heteroatoms. The molecule has 1 fully saturated rings. The maximum absolute atomic E-state index is 14.3. The zero-order valence-electron chi connectivity index (χ0n) is 16.7. The van der Waals surface area contributed by atoms with E-state index in [1.165, 1.54) is 13.1 Å². The minimum atomic E-state index is -3.34. The van der Waals surface area contributed by atoms with Gasteiger partial charge in [0.25, 0.3) is 0 Å². The second kappa shape index (κ2) is 7.51. The maximum atomic E-state index is 14.3. The smallest absolute Gasteiger partial charge is 0.408 e. The van der Waals surface area contributed by atoms with Crippen LogP contribution in [0.1, 0.15) is 46.5 Å². The molecule has 2 aromatic rings. The minimum absolute atomic E-state index is 0.0344. The van der Waals surface area contributed by atoms with E-state index in [-0.39, 0.29) is 17.1 Å². The third kappa shape index (κ3) is 4.25. The summed E-state index contributed by atoms with van der Waals surface area (Å²) < 4.78 is 47.1. The van der Waals surface area contributed by atoms with E-state index in [1.54, 1.807) is 26.8 Å². The first-order chi connectivity index (χ1) is 13.0. The van der Waals surface area contributed by atoms with Crippen molar-refractivity contribution in [1.29, 1.82) is 0 Å². The summed E-state index contributed by atoms with van der Waals surface area (Å²) in [6.45, 7) is 5.72. The van der Waals surface area contributed by atoms with E-state index < -0.39 is 26.3 Å². The molecule has 0 spiro atoms. The van der Waals surface area contributed by atoms with Gasteiger partial charge in [0.15, 0.2) is 11.4 Å². The summed E-state index contributed by atoms with van der Waals surface area (Å²) in [5.41, 5.74) is 0.937. The fraction of sp³-hybridized carbons (Fsp3) is 0.632. The van der Waals surface area contributed by atoms with E-state index in [0.29, 0.717) is 18.2 Å². The van der Waals surface area contributed by atoms with E-state index >= 15 is 0 Å². The minimum Gasteiger partial charge on any atom is -0.408 e. The summed E-state index contributed by atoms with van der Waals surface area (Å²) in [7, 11) is -1.87. The molecule has 156 valence electrons. The molecule has 1 aliphatic rings. The molecule has 0 bridgehead atoms. The van der Waals surface area contributed by atoms with Crippen LogP contribution in [0.2, 0.25) is 0 Å². The quantitative estimate of drug-likeness (QED) is 0.786. The molecule has 1 aromatic carbocycles. The largest absolute Gasteiger partial charge is 0.419 e. The van der Waals surface area contributed by atoms with Crippen LogP contribution in [0.15, 0.2) is 21.3 Å². The van der Waals surface area contributed by atoms with Gasteiger partial charge in [0, 0.05) is 31.4 Å². The van der Waals surface area contributed by atoms with Crippen LogP contribution in [-0.2, 0) is 17.1 Å². The third-order valence-corrected chi connectivity index (χ3v) is 7.66. The summed E-state index contributed by atoms with van der Waals surface area (Å²) in [5, 5.41) is 3.21. The number of nitrogens with zero attached hydrogens (tertiary/aromatic N) is 1. The van der Waals surface area contributed by atoms with Gasteiger partial charge in [0.1, 0.15) is 5.52 Å². The Kier molecular flexibility index (Phi) is 5.60. The zero-order chi connectivity index (χ0) is 20.7. The molecule has 1 saturated carbocycles. The molecule has 0 saturated heterocycles. The molecule has 7 nitrogen and oxygen atoms in total. The highest BCUT2D eigenvalue weighted by atomic mass is 32.2. The summed E-state index contributed by atoms with van der Waals surface area (Å²) in [6, 6.07) is 2.95. The number of aromatic nitrogens is 1. The number of hydrogen-bond donors (Lipinski definition) is 2. The van der Waals surface area contributed by atoms with Gasteiger partial charge >= 0.3 is 5.76 Å². The number of oxazole rings is 1. The summed E-state index contributed by atoms with van der Waals surface area (Å²) in [6.07, 6.45) is 3.33. The van der Waals surface area contributed by atoms with Crippen LogP contribution in [0, 0.1) is 11.7 Å². The molecule has 3 rings (SSSR count). The van der Waals surface area contributed by atoms with Crippen molar-refractivity contribution in [3.63, 3.8) is 0 Å². The predicted octanol–water partition coefficient (Wildman–Crippen LogP) is 2.96. The van der Waals surface area contributed by atoms with Crippen LogP contribution in [0.3, 0.4) is 0 Å². The number of benzene rings is 1. The van der Waals surface area contributed by atoms with Gasteiger partial charge in [-0.25, -0.2) is 22.3 Å². The van der Waals surface area contributed by atoms with Crippen LogP contribution in [0.5, 0.6) is 0 Å². The molecule has 1 heterocycles. The summed E-state index contributed by atoms with van der Waals surface area (Å²) in [5.74, 6) is -0.729. The number of aryl methyl sites for hydroxylation is 1. The Morgan fingerprint density at radius 3 is 2.46 bits per heavy atom. The highest BCUT2D eigenvalue weighted by molar-refractivity contribution is 7.90. The van der Waals surface area contributed by atoms with E-state index in [4.69, 9.17) is 4.42 Å². The highest BCUT2D eigenvalue weighted by Crippen LogP contribution is 2.28. The summed E-state index contributed by atoms with van der Waals surface area (Å²) >= 11 is 0. The Bertz CT molecular complexity index is 1010. The van der Waals surface area contributed by atoms with Crippen molar-refractivity contribution in [2.45, 2.75) is 57.2 Å². The molecule has 1 aliphatic carbocycles. The van der Waals surface area contributed by atoms with E-state index in [0.717, 1.165) is 30.3 Å². The SMILES string of the molecule is Cn1c(=O)oc2cc(NC[C@H]3CC[C@H](NS(=O)(=O)C(C)(C)C)CC3)cc(F)c21. The Morgan fingerprint density at radius 1 is 1.21 bits per heavy atom. The molecule has 2 N–H and O–H groups in total. The Hall–Kier alpha value is -1.87. The van der Waals surface area contributed by atoms with Crippen LogP contribution >= 0.6 is 0 Å². The topological polar surface area (TPSA) is 93.3 Å². The lowest BCUT2D eigenvalue weighted by Gasteiger charge is -2.31. The predicted molar refractivity (Wildman–Crippen MR) is 107 cm³/mol. The van der Waals surface area contributed by atoms with Crippen molar-refractivity contribution in [3.05, 3.63) is 28.5 Å². The molecular formula is C19H28FN3O4S. The fourth-order valence-electron chi connectivity index (χ4n) is 3.48. The van der Waals surface area contributed by atoms with Crippen LogP contribution in [-0.4, -0.2) is 30.3 Å². The van der Waals surface area contributed by atoms with Gasteiger partial charge in [-0.2, -0.15) is 0 Å². The van der Waals surface area contributed by atoms with Crippen molar-refractivity contribution in [2.75, 3.05) is 11.9 Å². The van der Waals surface area contributed by atoms with Crippen molar-refractivity contribution in [2.24, 2.45) is 13.0 Å². The number of sulfonamides is 1. The molecule has 0 radical (unpaired) electrons. The first-order valence-electron chi connectivity index (χ1n) is 9.53. The van der Waals surface area contributed by atoms with Crippen LogP contribution < -0.4 is 15.8 Å². The van der Waals surface area contributed by atoms with Gasteiger partial charge in [0.2, 0.25) is 10.0 Å². The van der Waals surface area contributed by atoms with E-state index in [9.17, 15) is 17.6 Å². The lowest BCUT2D eigenvalue weighted by molar-refractivity contribution is 0.322. The van der Waals surface area contributed by atoms with Gasteiger partial charge in [-0.1, -0.05) is 0 Å². The van der Waals surface area contributed by atoms with Crippen molar-refractivity contribution < 1.29 is 17.2 Å². The molecule has 28 heavy (non-hydrogen) atoms. The Morgan fingerprint density at radius 2 is 1.86 bits per heavy atom. The second-order valence-electron chi connectivity index (χ2n) is 8.56. The van der Waals surface area contributed by atoms with Gasteiger partial charge in [-0.05, 0) is 58.4 Å². The number of halogens is 1. The number of fused-ring (bicyclic) bond motifs is 1. The molecule has 0 atom stereocenters. The first-order valence-corrected chi connectivity index (χ1v) is 11.0. The van der Waals surface area contributed by atoms with Gasteiger partial charge in [-0.15, -0.1) is 0 Å². The number of nitrogens with one attached hydrogen (secondary N) is 2. The van der Waals surface area contributed by atoms with Gasteiger partial charge in [-0.3, -0.25) is 4.57 Å². The van der Waals surface area contributed by atoms with Crippen LogP contribution in [0.25, 0.3) is 11.1 Å². The normalized spacial score (nSPS) is 21.2. The monoisotopic (exact) mass is 413 g/mol. The fourth-order valence-corrected chi connectivity index (χ4v) is 4.50. The zero-order valence-corrected chi connectivity index (χ0v) is 17.5. The van der Waals surface area contributed by atoms with E-state index in [2.05, 4.69) is 10.0 Å². The molecule has 0 aliphatic heterocycles. The maximum Gasteiger partial charge on any atom is 0.419 e. The number of anilines is 1. The average Bonchev–Trinajstić information content (AvgIpc) is 2.87. The van der Waals surface area contributed by atoms with Crippen molar-refractivity contribution in [3.8, 4) is 0 Å². The number of hydrogen-bond acceptors (Lipinski definition) is 5. The van der Waals surface area contributed by atoms with E-state index in [1.807, 2.05) is 0 Å². The lowest BCUT2D eigenvalue weighted by atomic mass is 9.86. The molecular weight excluding hydrogens is 385 g/mol. The van der Waals surface area contributed by atoms with Crippen LogP contribution in [0.4, 0.5) is 10.1 Å². The molecule has 0 amide bonds. The third-order valence-electron chi connectivity index (χ3n) is 5.40. The molecule has 1 aromatic heterocycles. The highest BCUT2D eigenvalue weighted by Gasteiger charge is 2.32. The van der Waals surface area contributed by atoms with Crippen molar-refractivity contribution >= 4 is 26.8 Å². The second-order valence-corrected chi connectivity index (χ2v) is 11.0.